The largest absolute Gasteiger partial charge is 0.394 e. The first-order chi connectivity index (χ1) is 11.8. The Morgan fingerprint density at radius 3 is 2.76 bits per heavy atom. The molecule has 0 amide bonds. The lowest BCUT2D eigenvalue weighted by molar-refractivity contribution is -0.201. The Hall–Kier alpha value is -2.14. The minimum atomic E-state index is -0.814. The van der Waals surface area contributed by atoms with Crippen LogP contribution < -0.4 is 5.73 Å². The van der Waals surface area contributed by atoms with Crippen molar-refractivity contribution >= 4 is 22.6 Å². The van der Waals surface area contributed by atoms with E-state index < -0.39 is 30.3 Å². The second-order valence-corrected chi connectivity index (χ2v) is 6.62. The molecule has 2 aromatic rings. The van der Waals surface area contributed by atoms with Crippen LogP contribution in [0.1, 0.15) is 37.5 Å². The van der Waals surface area contributed by atoms with Gasteiger partial charge in [0.2, 0.25) is 0 Å². The van der Waals surface area contributed by atoms with Crippen LogP contribution in [0, 0.1) is 0 Å². The van der Waals surface area contributed by atoms with E-state index in [1.54, 1.807) is 13.8 Å². The number of fused-ring (bicyclic) bond motifs is 2. The number of carbonyl (C=O) groups is 1. The highest BCUT2D eigenvalue weighted by atomic mass is 16.8. The average Bonchev–Trinajstić information content (AvgIpc) is 3.16. The van der Waals surface area contributed by atoms with Gasteiger partial charge in [0, 0.05) is 6.92 Å². The third-order valence-electron chi connectivity index (χ3n) is 4.40. The van der Waals surface area contributed by atoms with Crippen molar-refractivity contribution in [2.24, 2.45) is 0 Å². The summed E-state index contributed by atoms with van der Waals surface area (Å²) < 4.78 is 19.1. The van der Waals surface area contributed by atoms with Crippen LogP contribution in [0.5, 0.6) is 0 Å². The van der Waals surface area contributed by atoms with Gasteiger partial charge in [0.15, 0.2) is 23.4 Å². The highest BCUT2D eigenvalue weighted by molar-refractivity contribution is 6.07. The number of ketones is 1. The van der Waals surface area contributed by atoms with Gasteiger partial charge in [0.25, 0.3) is 0 Å². The fourth-order valence-corrected chi connectivity index (χ4v) is 3.42. The van der Waals surface area contributed by atoms with Crippen molar-refractivity contribution in [3.63, 3.8) is 0 Å². The predicted molar refractivity (Wildman–Crippen MR) is 84.6 cm³/mol. The zero-order valence-electron chi connectivity index (χ0n) is 14.0. The Bertz CT molecular complexity index is 850. The summed E-state index contributed by atoms with van der Waals surface area (Å²) in [4.78, 5) is 20.1. The number of aliphatic hydroxyl groups excluding tert-OH is 1. The van der Waals surface area contributed by atoms with E-state index in [0.717, 1.165) is 0 Å². The molecule has 134 valence electrons. The molecule has 0 saturated carbocycles. The maximum atomic E-state index is 12.0. The number of Topliss-reactive ketones (excluding diaryl/α,β-unsaturated/α-hetero) is 1. The Morgan fingerprint density at radius 1 is 1.36 bits per heavy atom. The fourth-order valence-electron chi connectivity index (χ4n) is 3.42. The number of anilines is 1. The molecule has 2 fully saturated rings. The number of carbonyl (C=O) groups excluding carboxylic acids is 1. The Balaban J connectivity index is 1.85. The number of nitrogens with two attached hydrogens (primary N) is 1. The molecule has 10 heteroatoms. The van der Waals surface area contributed by atoms with Crippen LogP contribution in [-0.2, 0) is 14.2 Å². The zero-order chi connectivity index (χ0) is 17.9. The van der Waals surface area contributed by atoms with Crippen LogP contribution in [0.15, 0.2) is 6.33 Å². The van der Waals surface area contributed by atoms with Crippen LogP contribution in [0.2, 0.25) is 0 Å². The molecule has 2 aromatic heterocycles. The molecule has 0 spiro atoms. The molecule has 2 aliphatic heterocycles. The second-order valence-electron chi connectivity index (χ2n) is 6.62. The first-order valence-corrected chi connectivity index (χ1v) is 7.94. The highest BCUT2D eigenvalue weighted by Crippen LogP contribution is 2.43. The molecule has 10 nitrogen and oxygen atoms in total. The third-order valence-corrected chi connectivity index (χ3v) is 4.40. The summed E-state index contributed by atoms with van der Waals surface area (Å²) in [6, 6.07) is 0. The molecular formula is C15H19N5O5. The first kappa shape index (κ1) is 16.3. The molecule has 0 radical (unpaired) electrons. The van der Waals surface area contributed by atoms with Crippen molar-refractivity contribution in [1.82, 2.24) is 19.7 Å². The van der Waals surface area contributed by atoms with Gasteiger partial charge in [-0.1, -0.05) is 0 Å². The number of nitrogens with zero attached hydrogens (tertiary/aromatic N) is 4. The van der Waals surface area contributed by atoms with Crippen molar-refractivity contribution in [2.75, 3.05) is 12.3 Å². The lowest BCUT2D eigenvalue weighted by atomic mass is 10.1. The zero-order valence-corrected chi connectivity index (χ0v) is 14.0. The second kappa shape index (κ2) is 5.43. The van der Waals surface area contributed by atoms with E-state index in [1.165, 1.54) is 17.9 Å². The van der Waals surface area contributed by atoms with E-state index in [0.29, 0.717) is 11.0 Å². The lowest BCUT2D eigenvalue weighted by Crippen LogP contribution is -2.31. The third kappa shape index (κ3) is 2.41. The maximum Gasteiger partial charge on any atom is 0.181 e. The van der Waals surface area contributed by atoms with Crippen LogP contribution in [-0.4, -0.2) is 61.3 Å². The highest BCUT2D eigenvalue weighted by Gasteiger charge is 2.56. The predicted octanol–water partition coefficient (Wildman–Crippen LogP) is 0.0209. The molecule has 25 heavy (non-hydrogen) atoms. The Kier molecular flexibility index (Phi) is 3.55. The maximum absolute atomic E-state index is 12.0. The quantitative estimate of drug-likeness (QED) is 0.735. The van der Waals surface area contributed by atoms with E-state index in [1.807, 2.05) is 0 Å². The van der Waals surface area contributed by atoms with Gasteiger partial charge < -0.3 is 25.1 Å². The molecule has 4 heterocycles. The number of rotatable bonds is 3. The lowest BCUT2D eigenvalue weighted by Gasteiger charge is -2.23. The molecule has 2 aliphatic rings. The molecule has 0 aliphatic carbocycles. The molecule has 0 bridgehead atoms. The van der Waals surface area contributed by atoms with Crippen molar-refractivity contribution in [3.05, 3.63) is 12.0 Å². The summed E-state index contributed by atoms with van der Waals surface area (Å²) in [7, 11) is 0. The van der Waals surface area contributed by atoms with Crippen LogP contribution in [0.25, 0.3) is 11.0 Å². The molecule has 0 aromatic carbocycles. The van der Waals surface area contributed by atoms with Crippen molar-refractivity contribution in [1.29, 1.82) is 0 Å². The minimum absolute atomic E-state index is 0.165. The van der Waals surface area contributed by atoms with Gasteiger partial charge in [-0.05, 0) is 13.8 Å². The van der Waals surface area contributed by atoms with Crippen LogP contribution in [0.4, 0.5) is 5.82 Å². The number of nitrogen functional groups attached to an aromatic ring is 1. The molecule has 3 N–H and O–H groups in total. The van der Waals surface area contributed by atoms with Gasteiger partial charge in [0.05, 0.1) is 12.0 Å². The van der Waals surface area contributed by atoms with E-state index >= 15 is 0 Å². The van der Waals surface area contributed by atoms with Gasteiger partial charge in [0.1, 0.15) is 36.2 Å². The molecule has 0 unspecified atom stereocenters. The summed E-state index contributed by atoms with van der Waals surface area (Å²) in [6.07, 6.45) is -0.952. The fraction of sp³-hybridized carbons (Fsp3) is 0.600. The topological polar surface area (TPSA) is 135 Å². The number of aromatic nitrogens is 4. The standard InChI is InChI=1S/C15H19N5O5/c1-6(22)9-8-12(16)17-5-18-13(8)20(19-9)14-11-10(7(4-21)23-14)24-15(2,3)25-11/h5,7,10-11,14,21H,4H2,1-3H3,(H2,16,17,18)/t7-,10-,11-,14-/m1/s1. The summed E-state index contributed by atoms with van der Waals surface area (Å²) in [5, 5.41) is 14.3. The van der Waals surface area contributed by atoms with E-state index in [2.05, 4.69) is 15.1 Å². The summed E-state index contributed by atoms with van der Waals surface area (Å²) in [6.45, 7) is 4.75. The van der Waals surface area contributed by atoms with Crippen molar-refractivity contribution in [2.45, 2.75) is 51.1 Å². The number of hydrogen-bond donors (Lipinski definition) is 2. The van der Waals surface area contributed by atoms with Crippen molar-refractivity contribution < 1.29 is 24.1 Å². The minimum Gasteiger partial charge on any atom is -0.394 e. The number of hydrogen-bond acceptors (Lipinski definition) is 9. The monoisotopic (exact) mass is 349 g/mol. The SMILES string of the molecule is CC(=O)c1nn([C@@H]2O[C@H](CO)[C@H]3OC(C)(C)O[C@H]32)c2ncnc(N)c12. The molecule has 2 saturated heterocycles. The molecule has 4 atom stereocenters. The normalized spacial score (nSPS) is 30.7. The summed E-state index contributed by atoms with van der Waals surface area (Å²) in [5.74, 6) is -0.911. The van der Waals surface area contributed by atoms with Crippen LogP contribution >= 0.6 is 0 Å². The summed E-state index contributed by atoms with van der Waals surface area (Å²) in [5.41, 5.74) is 6.45. The van der Waals surface area contributed by atoms with Gasteiger partial charge in [-0.2, -0.15) is 5.10 Å². The van der Waals surface area contributed by atoms with Gasteiger partial charge in [-0.25, -0.2) is 14.6 Å². The Morgan fingerprint density at radius 2 is 2.08 bits per heavy atom. The van der Waals surface area contributed by atoms with E-state index in [-0.39, 0.29) is 23.9 Å². The first-order valence-electron chi connectivity index (χ1n) is 7.94. The van der Waals surface area contributed by atoms with E-state index in [9.17, 15) is 9.90 Å². The van der Waals surface area contributed by atoms with Gasteiger partial charge in [-0.15, -0.1) is 0 Å². The smallest absolute Gasteiger partial charge is 0.181 e. The average molecular weight is 349 g/mol. The van der Waals surface area contributed by atoms with Crippen LogP contribution in [0.3, 0.4) is 0 Å². The molecular weight excluding hydrogens is 330 g/mol. The molecule has 4 rings (SSSR count). The van der Waals surface area contributed by atoms with Gasteiger partial charge in [-0.3, -0.25) is 4.79 Å². The number of ether oxygens (including phenoxy) is 3. The van der Waals surface area contributed by atoms with Crippen molar-refractivity contribution in [3.8, 4) is 0 Å². The number of aliphatic hydroxyl groups is 1. The Labute approximate surface area is 142 Å². The van der Waals surface area contributed by atoms with E-state index in [4.69, 9.17) is 19.9 Å². The summed E-state index contributed by atoms with van der Waals surface area (Å²) >= 11 is 0. The van der Waals surface area contributed by atoms with Gasteiger partial charge >= 0.3 is 0 Å².